The van der Waals surface area contributed by atoms with Crippen molar-refractivity contribution in [2.24, 2.45) is 5.92 Å². The lowest BCUT2D eigenvalue weighted by Crippen LogP contribution is -2.24. The summed E-state index contributed by atoms with van der Waals surface area (Å²) in [6.07, 6.45) is 6.45. The van der Waals surface area contributed by atoms with E-state index in [1.54, 1.807) is 12.4 Å². The molecule has 0 spiro atoms. The van der Waals surface area contributed by atoms with Crippen molar-refractivity contribution in [2.75, 3.05) is 6.54 Å². The summed E-state index contributed by atoms with van der Waals surface area (Å²) in [6.45, 7) is 7.61. The summed E-state index contributed by atoms with van der Waals surface area (Å²) in [5.74, 6) is 0.717. The van der Waals surface area contributed by atoms with E-state index in [1.165, 1.54) is 6.42 Å². The molecule has 3 nitrogen and oxygen atoms in total. The lowest BCUT2D eigenvalue weighted by atomic mass is 10.1. The Hall–Kier alpha value is -0.960. The summed E-state index contributed by atoms with van der Waals surface area (Å²) in [6, 6.07) is 0.290. The first kappa shape index (κ1) is 11.1. The number of nitrogens with one attached hydrogen (secondary N) is 1. The van der Waals surface area contributed by atoms with Crippen LogP contribution in [-0.4, -0.2) is 16.5 Å². The van der Waals surface area contributed by atoms with Gasteiger partial charge in [-0.25, -0.2) is 0 Å². The normalized spacial score (nSPS) is 15.1. The van der Waals surface area contributed by atoms with Crippen molar-refractivity contribution >= 4 is 0 Å². The number of rotatable bonds is 5. The van der Waals surface area contributed by atoms with Gasteiger partial charge in [-0.1, -0.05) is 20.3 Å². The monoisotopic (exact) mass is 193 g/mol. The summed E-state index contributed by atoms with van der Waals surface area (Å²) < 4.78 is 0. The Bertz CT molecular complexity index is 248. The molecule has 0 bridgehead atoms. The maximum atomic E-state index is 4.26. The molecule has 0 saturated heterocycles. The van der Waals surface area contributed by atoms with E-state index in [0.29, 0.717) is 5.92 Å². The average Bonchev–Trinajstić information content (AvgIpc) is 2.26. The number of nitrogens with zero attached hydrogens (tertiary/aromatic N) is 2. The van der Waals surface area contributed by atoms with Gasteiger partial charge in [-0.05, 0) is 19.4 Å². The van der Waals surface area contributed by atoms with Crippen LogP contribution in [0.1, 0.15) is 38.9 Å². The van der Waals surface area contributed by atoms with Gasteiger partial charge >= 0.3 is 0 Å². The van der Waals surface area contributed by atoms with Gasteiger partial charge in [0.1, 0.15) is 0 Å². The third-order valence-corrected chi connectivity index (χ3v) is 2.50. The van der Waals surface area contributed by atoms with Gasteiger partial charge in [-0.15, -0.1) is 0 Å². The summed E-state index contributed by atoms with van der Waals surface area (Å²) in [4.78, 5) is 8.31. The van der Waals surface area contributed by atoms with Crippen molar-refractivity contribution in [1.29, 1.82) is 0 Å². The maximum absolute atomic E-state index is 4.26. The van der Waals surface area contributed by atoms with Crippen LogP contribution >= 0.6 is 0 Å². The topological polar surface area (TPSA) is 37.8 Å². The van der Waals surface area contributed by atoms with E-state index >= 15 is 0 Å². The van der Waals surface area contributed by atoms with Crippen LogP contribution in [0.2, 0.25) is 0 Å². The van der Waals surface area contributed by atoms with E-state index in [4.69, 9.17) is 0 Å². The molecule has 0 saturated carbocycles. The zero-order chi connectivity index (χ0) is 10.4. The van der Waals surface area contributed by atoms with Crippen LogP contribution in [0.3, 0.4) is 0 Å². The van der Waals surface area contributed by atoms with Crippen molar-refractivity contribution in [1.82, 2.24) is 15.3 Å². The average molecular weight is 193 g/mol. The van der Waals surface area contributed by atoms with Crippen LogP contribution in [0.25, 0.3) is 0 Å². The minimum absolute atomic E-state index is 0.290. The molecule has 14 heavy (non-hydrogen) atoms. The molecule has 1 aromatic rings. The van der Waals surface area contributed by atoms with Crippen molar-refractivity contribution in [3.05, 3.63) is 24.3 Å². The van der Waals surface area contributed by atoms with Gasteiger partial charge in [0.2, 0.25) is 0 Å². The molecule has 0 aliphatic carbocycles. The molecule has 0 aliphatic rings. The Labute approximate surface area is 86.0 Å². The minimum atomic E-state index is 0.290. The molecular formula is C11H19N3. The van der Waals surface area contributed by atoms with Crippen molar-refractivity contribution in [3.8, 4) is 0 Å². The standard InChI is InChI=1S/C11H19N3/c1-4-9(2)7-14-10(3)11-8-12-5-6-13-11/h5-6,8-10,14H,4,7H2,1-3H3. The highest BCUT2D eigenvalue weighted by atomic mass is 14.9. The van der Waals surface area contributed by atoms with E-state index in [0.717, 1.165) is 12.2 Å². The van der Waals surface area contributed by atoms with Crippen molar-refractivity contribution < 1.29 is 0 Å². The molecule has 0 radical (unpaired) electrons. The van der Waals surface area contributed by atoms with E-state index < -0.39 is 0 Å². The van der Waals surface area contributed by atoms with Crippen LogP contribution in [0.15, 0.2) is 18.6 Å². The Morgan fingerprint density at radius 1 is 1.36 bits per heavy atom. The van der Waals surface area contributed by atoms with E-state index in [-0.39, 0.29) is 6.04 Å². The Kier molecular flexibility index (Phi) is 4.53. The van der Waals surface area contributed by atoms with Gasteiger partial charge < -0.3 is 5.32 Å². The fourth-order valence-electron chi connectivity index (χ4n) is 1.16. The van der Waals surface area contributed by atoms with Crippen molar-refractivity contribution in [2.45, 2.75) is 33.2 Å². The van der Waals surface area contributed by atoms with E-state index in [1.807, 2.05) is 6.20 Å². The molecular weight excluding hydrogens is 174 g/mol. The molecule has 78 valence electrons. The van der Waals surface area contributed by atoms with Gasteiger partial charge in [0.15, 0.2) is 0 Å². The maximum Gasteiger partial charge on any atom is 0.0753 e. The lowest BCUT2D eigenvalue weighted by molar-refractivity contribution is 0.455. The summed E-state index contributed by atoms with van der Waals surface area (Å²) in [5, 5.41) is 3.45. The highest BCUT2D eigenvalue weighted by Crippen LogP contribution is 2.08. The summed E-state index contributed by atoms with van der Waals surface area (Å²) >= 11 is 0. The van der Waals surface area contributed by atoms with Crippen LogP contribution in [0, 0.1) is 5.92 Å². The SMILES string of the molecule is CCC(C)CNC(C)c1cnccn1. The predicted octanol–water partition coefficient (Wildman–Crippen LogP) is 2.17. The van der Waals surface area contributed by atoms with Crippen LogP contribution < -0.4 is 5.32 Å². The first-order valence-electron chi connectivity index (χ1n) is 5.23. The van der Waals surface area contributed by atoms with E-state index in [2.05, 4.69) is 36.1 Å². The smallest absolute Gasteiger partial charge is 0.0753 e. The second-order valence-electron chi connectivity index (χ2n) is 3.77. The van der Waals surface area contributed by atoms with Gasteiger partial charge in [0, 0.05) is 24.6 Å². The summed E-state index contributed by atoms with van der Waals surface area (Å²) in [5.41, 5.74) is 1.01. The first-order chi connectivity index (χ1) is 6.74. The molecule has 1 aromatic heterocycles. The van der Waals surface area contributed by atoms with Crippen LogP contribution in [-0.2, 0) is 0 Å². The molecule has 0 fully saturated rings. The molecule has 3 heteroatoms. The Balaban J connectivity index is 2.39. The predicted molar refractivity (Wildman–Crippen MR) is 57.9 cm³/mol. The number of hydrogen-bond donors (Lipinski definition) is 1. The highest BCUT2D eigenvalue weighted by Gasteiger charge is 2.07. The number of aromatic nitrogens is 2. The van der Waals surface area contributed by atoms with Crippen LogP contribution in [0.4, 0.5) is 0 Å². The number of hydrogen-bond acceptors (Lipinski definition) is 3. The van der Waals surface area contributed by atoms with Crippen LogP contribution in [0.5, 0.6) is 0 Å². The Morgan fingerprint density at radius 2 is 2.14 bits per heavy atom. The van der Waals surface area contributed by atoms with Gasteiger partial charge in [-0.3, -0.25) is 9.97 Å². The minimum Gasteiger partial charge on any atom is -0.309 e. The third kappa shape index (κ3) is 3.42. The van der Waals surface area contributed by atoms with Gasteiger partial charge in [0.05, 0.1) is 5.69 Å². The molecule has 1 rings (SSSR count). The summed E-state index contributed by atoms with van der Waals surface area (Å²) in [7, 11) is 0. The zero-order valence-corrected chi connectivity index (χ0v) is 9.20. The first-order valence-corrected chi connectivity index (χ1v) is 5.23. The quantitative estimate of drug-likeness (QED) is 0.778. The highest BCUT2D eigenvalue weighted by molar-refractivity contribution is 5.00. The molecule has 1 heterocycles. The second kappa shape index (κ2) is 5.70. The fourth-order valence-corrected chi connectivity index (χ4v) is 1.16. The fraction of sp³-hybridized carbons (Fsp3) is 0.636. The molecule has 0 aliphatic heterocycles. The van der Waals surface area contributed by atoms with Gasteiger partial charge in [-0.2, -0.15) is 0 Å². The Morgan fingerprint density at radius 3 is 2.71 bits per heavy atom. The molecule has 0 aromatic carbocycles. The lowest BCUT2D eigenvalue weighted by Gasteiger charge is -2.15. The molecule has 2 atom stereocenters. The zero-order valence-electron chi connectivity index (χ0n) is 9.20. The largest absolute Gasteiger partial charge is 0.309 e. The molecule has 2 unspecified atom stereocenters. The third-order valence-electron chi connectivity index (χ3n) is 2.50. The molecule has 0 amide bonds. The van der Waals surface area contributed by atoms with Gasteiger partial charge in [0.25, 0.3) is 0 Å². The molecule has 1 N–H and O–H groups in total. The van der Waals surface area contributed by atoms with Crippen molar-refractivity contribution in [3.63, 3.8) is 0 Å². The van der Waals surface area contributed by atoms with E-state index in [9.17, 15) is 0 Å². The second-order valence-corrected chi connectivity index (χ2v) is 3.77.